The molecule has 1 aromatic rings. The molecule has 1 heterocycles. The second-order valence-electron chi connectivity index (χ2n) is 5.48. The first-order valence-corrected chi connectivity index (χ1v) is 6.73. The van der Waals surface area contributed by atoms with Crippen LogP contribution in [-0.4, -0.2) is 39.6 Å². The lowest BCUT2D eigenvalue weighted by Crippen LogP contribution is -2.49. The molecule has 0 bridgehead atoms. The van der Waals surface area contributed by atoms with Crippen molar-refractivity contribution in [1.82, 2.24) is 4.90 Å². The van der Waals surface area contributed by atoms with E-state index in [1.807, 2.05) is 6.92 Å². The van der Waals surface area contributed by atoms with Crippen molar-refractivity contribution in [1.29, 1.82) is 0 Å². The van der Waals surface area contributed by atoms with Gasteiger partial charge in [-0.3, -0.25) is 4.79 Å². The third-order valence-corrected chi connectivity index (χ3v) is 3.85. The number of carbonyl (C=O) groups is 2. The predicted octanol–water partition coefficient (Wildman–Crippen LogP) is 2.03. The summed E-state index contributed by atoms with van der Waals surface area (Å²) in [6, 6.07) is 3.82. The number of rotatable bonds is 2. The molecule has 1 aliphatic rings. The van der Waals surface area contributed by atoms with Gasteiger partial charge in [0, 0.05) is 12.1 Å². The molecule has 108 valence electrons. The van der Waals surface area contributed by atoms with Gasteiger partial charge in [-0.25, -0.2) is 4.79 Å². The summed E-state index contributed by atoms with van der Waals surface area (Å²) in [5.41, 5.74) is 1.02. The summed E-state index contributed by atoms with van der Waals surface area (Å²) in [4.78, 5) is 25.2. The Morgan fingerprint density at radius 1 is 1.35 bits per heavy atom. The second kappa shape index (κ2) is 5.53. The predicted molar refractivity (Wildman–Crippen MR) is 73.7 cm³/mol. The van der Waals surface area contributed by atoms with Crippen molar-refractivity contribution in [3.8, 4) is 5.75 Å². The lowest BCUT2D eigenvalue weighted by molar-refractivity contribution is -0.144. The Kier molecular flexibility index (Phi) is 3.97. The summed E-state index contributed by atoms with van der Waals surface area (Å²) < 4.78 is 0. The van der Waals surface area contributed by atoms with Crippen LogP contribution in [0.3, 0.4) is 0 Å². The number of aliphatic carboxylic acids is 1. The number of carboxylic acid groups (broad SMARTS) is 1. The van der Waals surface area contributed by atoms with Gasteiger partial charge in [0.25, 0.3) is 5.91 Å². The molecule has 2 N–H and O–H groups in total. The van der Waals surface area contributed by atoms with Gasteiger partial charge in [0.2, 0.25) is 0 Å². The van der Waals surface area contributed by atoms with E-state index in [2.05, 4.69) is 0 Å². The van der Waals surface area contributed by atoms with Gasteiger partial charge in [-0.2, -0.15) is 0 Å². The molecule has 1 amide bonds. The Morgan fingerprint density at radius 2 is 2.05 bits per heavy atom. The molecule has 1 fully saturated rings. The van der Waals surface area contributed by atoms with E-state index in [-0.39, 0.29) is 11.7 Å². The molecule has 2 atom stereocenters. The van der Waals surface area contributed by atoms with Crippen LogP contribution in [0.5, 0.6) is 5.75 Å². The van der Waals surface area contributed by atoms with Gasteiger partial charge in [-0.05, 0) is 49.4 Å². The maximum Gasteiger partial charge on any atom is 0.326 e. The fraction of sp³-hybridized carbons (Fsp3) is 0.467. The number of nitrogens with zero attached hydrogens (tertiary/aromatic N) is 1. The number of phenols is 1. The highest BCUT2D eigenvalue weighted by Crippen LogP contribution is 2.25. The molecule has 1 aliphatic heterocycles. The molecule has 0 spiro atoms. The summed E-state index contributed by atoms with van der Waals surface area (Å²) in [7, 11) is 0. The lowest BCUT2D eigenvalue weighted by atomic mass is 9.91. The molecular weight excluding hydrogens is 258 g/mol. The first-order valence-electron chi connectivity index (χ1n) is 6.73. The van der Waals surface area contributed by atoms with Gasteiger partial charge >= 0.3 is 5.97 Å². The quantitative estimate of drug-likeness (QED) is 0.867. The fourth-order valence-electron chi connectivity index (χ4n) is 2.57. The average Bonchev–Trinajstić information content (AvgIpc) is 2.41. The minimum atomic E-state index is -0.958. The maximum absolute atomic E-state index is 12.5. The number of aromatic hydroxyl groups is 1. The number of carbonyl (C=O) groups excluding carboxylic acids is 1. The number of aryl methyl sites for hydroxylation is 1. The van der Waals surface area contributed by atoms with Crippen LogP contribution in [0.1, 0.15) is 35.7 Å². The molecular formula is C15H19NO4. The summed E-state index contributed by atoms with van der Waals surface area (Å²) in [6.07, 6.45) is 1.30. The van der Waals surface area contributed by atoms with Gasteiger partial charge in [0.1, 0.15) is 11.8 Å². The van der Waals surface area contributed by atoms with E-state index in [1.165, 1.54) is 17.0 Å². The number of phenolic OH excluding ortho intramolecular Hbond substituents is 1. The topological polar surface area (TPSA) is 77.8 Å². The van der Waals surface area contributed by atoms with Gasteiger partial charge in [0.15, 0.2) is 0 Å². The Hall–Kier alpha value is -2.04. The van der Waals surface area contributed by atoms with Crippen LogP contribution in [0.25, 0.3) is 0 Å². The highest BCUT2D eigenvalue weighted by molar-refractivity contribution is 5.97. The minimum Gasteiger partial charge on any atom is -0.508 e. The van der Waals surface area contributed by atoms with Crippen LogP contribution >= 0.6 is 0 Å². The van der Waals surface area contributed by atoms with Gasteiger partial charge in [-0.1, -0.05) is 6.92 Å². The van der Waals surface area contributed by atoms with E-state index >= 15 is 0 Å². The van der Waals surface area contributed by atoms with Crippen molar-refractivity contribution in [2.75, 3.05) is 6.54 Å². The molecule has 20 heavy (non-hydrogen) atoms. The molecule has 0 radical (unpaired) electrons. The number of hydrogen-bond acceptors (Lipinski definition) is 3. The fourth-order valence-corrected chi connectivity index (χ4v) is 2.57. The van der Waals surface area contributed by atoms with E-state index in [4.69, 9.17) is 0 Å². The van der Waals surface area contributed by atoms with Crippen molar-refractivity contribution in [2.45, 2.75) is 32.7 Å². The van der Waals surface area contributed by atoms with Crippen LogP contribution in [0.2, 0.25) is 0 Å². The first-order chi connectivity index (χ1) is 9.40. The molecule has 5 nitrogen and oxygen atoms in total. The summed E-state index contributed by atoms with van der Waals surface area (Å²) in [5, 5.41) is 18.8. The molecule has 0 saturated carbocycles. The smallest absolute Gasteiger partial charge is 0.326 e. The number of benzene rings is 1. The molecule has 2 rings (SSSR count). The maximum atomic E-state index is 12.5. The average molecular weight is 277 g/mol. The van der Waals surface area contributed by atoms with Crippen LogP contribution < -0.4 is 0 Å². The molecule has 1 saturated heterocycles. The minimum absolute atomic E-state index is 0.128. The van der Waals surface area contributed by atoms with E-state index < -0.39 is 12.0 Å². The highest BCUT2D eigenvalue weighted by atomic mass is 16.4. The Labute approximate surface area is 117 Å². The van der Waals surface area contributed by atoms with Gasteiger partial charge in [-0.15, -0.1) is 0 Å². The van der Waals surface area contributed by atoms with E-state index in [9.17, 15) is 19.8 Å². The summed E-state index contributed by atoms with van der Waals surface area (Å²) in [6.45, 7) is 4.17. The number of piperidine rings is 1. The number of hydrogen-bond donors (Lipinski definition) is 2. The summed E-state index contributed by atoms with van der Waals surface area (Å²) in [5.74, 6) is -0.807. The largest absolute Gasteiger partial charge is 0.508 e. The molecule has 0 aromatic heterocycles. The molecule has 2 unspecified atom stereocenters. The number of likely N-dealkylation sites (tertiary alicyclic amines) is 1. The second-order valence-corrected chi connectivity index (χ2v) is 5.48. The van der Waals surface area contributed by atoms with Gasteiger partial charge < -0.3 is 15.1 Å². The molecule has 0 aliphatic carbocycles. The van der Waals surface area contributed by atoms with Crippen LogP contribution in [0.15, 0.2) is 18.2 Å². The number of amides is 1. The zero-order valence-corrected chi connectivity index (χ0v) is 11.7. The zero-order chi connectivity index (χ0) is 14.9. The Balaban J connectivity index is 2.26. The van der Waals surface area contributed by atoms with Crippen molar-refractivity contribution in [3.05, 3.63) is 29.3 Å². The summed E-state index contributed by atoms with van der Waals surface area (Å²) >= 11 is 0. The first kappa shape index (κ1) is 14.4. The van der Waals surface area contributed by atoms with Crippen LogP contribution in [0, 0.1) is 12.8 Å². The zero-order valence-electron chi connectivity index (χ0n) is 11.7. The van der Waals surface area contributed by atoms with Crippen LogP contribution in [0.4, 0.5) is 0 Å². The normalized spacial score (nSPS) is 22.6. The molecule has 1 aromatic carbocycles. The lowest BCUT2D eigenvalue weighted by Gasteiger charge is -2.36. The van der Waals surface area contributed by atoms with Crippen molar-refractivity contribution < 1.29 is 19.8 Å². The van der Waals surface area contributed by atoms with Crippen molar-refractivity contribution >= 4 is 11.9 Å². The SMILES string of the molecule is Cc1cc(C(=O)N2CCC(C)CC2C(=O)O)ccc1O. The third kappa shape index (κ3) is 2.76. The van der Waals surface area contributed by atoms with Gasteiger partial charge in [0.05, 0.1) is 0 Å². The Bertz CT molecular complexity index is 541. The molecule has 5 heteroatoms. The third-order valence-electron chi connectivity index (χ3n) is 3.85. The number of carboxylic acids is 1. The van der Waals surface area contributed by atoms with Crippen LogP contribution in [-0.2, 0) is 4.79 Å². The van der Waals surface area contributed by atoms with E-state index in [0.29, 0.717) is 30.0 Å². The van der Waals surface area contributed by atoms with Crippen molar-refractivity contribution in [2.24, 2.45) is 5.92 Å². The van der Waals surface area contributed by atoms with E-state index in [1.54, 1.807) is 13.0 Å². The highest BCUT2D eigenvalue weighted by Gasteiger charge is 2.35. The Morgan fingerprint density at radius 3 is 2.65 bits per heavy atom. The van der Waals surface area contributed by atoms with Crippen molar-refractivity contribution in [3.63, 3.8) is 0 Å². The standard InChI is InChI=1S/C15H19NO4/c1-9-5-6-16(12(7-9)15(19)20)14(18)11-3-4-13(17)10(2)8-11/h3-4,8-9,12,17H,5-7H2,1-2H3,(H,19,20). The monoisotopic (exact) mass is 277 g/mol. The van der Waals surface area contributed by atoms with E-state index in [0.717, 1.165) is 6.42 Å².